The van der Waals surface area contributed by atoms with Gasteiger partial charge in [0.1, 0.15) is 0 Å². The molecule has 2 nitrogen and oxygen atoms in total. The summed E-state index contributed by atoms with van der Waals surface area (Å²) < 4.78 is 2.18. The van der Waals surface area contributed by atoms with Gasteiger partial charge in [-0.1, -0.05) is 0 Å². The Morgan fingerprint density at radius 2 is 2.00 bits per heavy atom. The van der Waals surface area contributed by atoms with Gasteiger partial charge >= 0.3 is 0 Å². The minimum absolute atomic E-state index is 0.745. The van der Waals surface area contributed by atoms with Crippen LogP contribution in [0.3, 0.4) is 0 Å². The number of rotatable bonds is 1. The topological polar surface area (TPSA) is 8.17 Å². The number of hydrogen-bond donors (Lipinski definition) is 0. The number of fused-ring (bicyclic) bond motifs is 1. The van der Waals surface area contributed by atoms with Crippen molar-refractivity contribution in [2.45, 2.75) is 25.3 Å². The first-order chi connectivity index (χ1) is 6.16. The van der Waals surface area contributed by atoms with Gasteiger partial charge in [-0.25, -0.2) is 0 Å². The van der Waals surface area contributed by atoms with E-state index in [0.29, 0.717) is 0 Å². The maximum atomic E-state index is 2.34. The molecule has 72 valence electrons. The molecule has 2 heteroatoms. The average molecular weight is 178 g/mol. The van der Waals surface area contributed by atoms with Crippen LogP contribution in [0.5, 0.6) is 0 Å². The van der Waals surface area contributed by atoms with E-state index in [1.807, 2.05) is 0 Å². The van der Waals surface area contributed by atoms with E-state index in [-0.39, 0.29) is 0 Å². The van der Waals surface area contributed by atoms with Crippen LogP contribution in [0.1, 0.15) is 17.5 Å². The molecule has 0 spiro atoms. The Hall–Kier alpha value is -0.760. The average Bonchev–Trinajstić information content (AvgIpc) is 2.42. The number of nitrogens with zero attached hydrogens (tertiary/aromatic N) is 2. The second kappa shape index (κ2) is 3.18. The monoisotopic (exact) mass is 178 g/mol. The molecule has 0 radical (unpaired) electrons. The molecule has 0 amide bonds. The van der Waals surface area contributed by atoms with E-state index in [0.717, 1.165) is 6.04 Å². The lowest BCUT2D eigenvalue weighted by molar-refractivity contribution is 0.268. The maximum absolute atomic E-state index is 2.34. The summed E-state index contributed by atoms with van der Waals surface area (Å²) in [5.41, 5.74) is 3.10. The lowest BCUT2D eigenvalue weighted by Crippen LogP contribution is -2.32. The zero-order valence-corrected chi connectivity index (χ0v) is 8.75. The molecule has 1 aromatic heterocycles. The largest absolute Gasteiger partial charge is 0.357 e. The first-order valence-corrected chi connectivity index (χ1v) is 4.97. The fraction of sp³-hybridized carbons (Fsp3) is 0.636. The molecule has 0 saturated carbocycles. The summed E-state index contributed by atoms with van der Waals surface area (Å²) in [4.78, 5) is 2.34. The van der Waals surface area contributed by atoms with Crippen molar-refractivity contribution < 1.29 is 0 Å². The number of aryl methyl sites for hydroxylation is 2. The molecule has 0 aliphatic heterocycles. The van der Waals surface area contributed by atoms with Crippen molar-refractivity contribution in [2.24, 2.45) is 7.05 Å². The Bertz CT molecular complexity index is 299. The van der Waals surface area contributed by atoms with Crippen LogP contribution < -0.4 is 0 Å². The molecule has 1 aliphatic rings. The Morgan fingerprint density at radius 3 is 2.69 bits per heavy atom. The molecule has 0 bridgehead atoms. The van der Waals surface area contributed by atoms with E-state index < -0.39 is 0 Å². The van der Waals surface area contributed by atoms with Gasteiger partial charge in [-0.3, -0.25) is 0 Å². The highest BCUT2D eigenvalue weighted by atomic mass is 15.1. The van der Waals surface area contributed by atoms with Crippen molar-refractivity contribution in [2.75, 3.05) is 14.1 Å². The number of aromatic nitrogens is 1. The molecular weight excluding hydrogens is 160 g/mol. The fourth-order valence-corrected chi connectivity index (χ4v) is 2.22. The molecule has 0 aromatic carbocycles. The molecule has 1 unspecified atom stereocenters. The third-order valence-electron chi connectivity index (χ3n) is 3.06. The summed E-state index contributed by atoms with van der Waals surface area (Å²) in [6.07, 6.45) is 8.32. The van der Waals surface area contributed by atoms with Crippen LogP contribution in [0.25, 0.3) is 0 Å². The minimum Gasteiger partial charge on any atom is -0.357 e. The van der Waals surface area contributed by atoms with Crippen LogP contribution in [0.15, 0.2) is 12.4 Å². The van der Waals surface area contributed by atoms with E-state index in [1.54, 1.807) is 11.1 Å². The zero-order valence-electron chi connectivity index (χ0n) is 8.75. The Morgan fingerprint density at radius 1 is 1.31 bits per heavy atom. The van der Waals surface area contributed by atoms with Gasteiger partial charge in [-0.05, 0) is 44.5 Å². The van der Waals surface area contributed by atoms with E-state index >= 15 is 0 Å². The highest BCUT2D eigenvalue weighted by molar-refractivity contribution is 5.28. The van der Waals surface area contributed by atoms with Gasteiger partial charge in [0.2, 0.25) is 0 Å². The van der Waals surface area contributed by atoms with Crippen LogP contribution in [0.4, 0.5) is 0 Å². The van der Waals surface area contributed by atoms with Crippen molar-refractivity contribution in [1.29, 1.82) is 0 Å². The predicted molar refractivity (Wildman–Crippen MR) is 54.9 cm³/mol. The molecule has 2 rings (SSSR count). The number of hydrogen-bond acceptors (Lipinski definition) is 1. The highest BCUT2D eigenvalue weighted by Crippen LogP contribution is 2.23. The Balaban J connectivity index is 2.19. The van der Waals surface area contributed by atoms with Gasteiger partial charge in [0.05, 0.1) is 0 Å². The van der Waals surface area contributed by atoms with E-state index in [4.69, 9.17) is 0 Å². The van der Waals surface area contributed by atoms with Gasteiger partial charge in [0.25, 0.3) is 0 Å². The smallest absolute Gasteiger partial charge is 0.0133 e. The van der Waals surface area contributed by atoms with Crippen LogP contribution in [0.2, 0.25) is 0 Å². The molecule has 1 atom stereocenters. The molecule has 0 fully saturated rings. The first kappa shape index (κ1) is 8.82. The summed E-state index contributed by atoms with van der Waals surface area (Å²) in [7, 11) is 6.47. The minimum atomic E-state index is 0.745. The SMILES string of the molecule is CN(C)C1CCc2cn(C)cc2C1. The van der Waals surface area contributed by atoms with Gasteiger partial charge in [-0.2, -0.15) is 0 Å². The molecule has 0 N–H and O–H groups in total. The zero-order chi connectivity index (χ0) is 9.42. The highest BCUT2D eigenvalue weighted by Gasteiger charge is 2.20. The van der Waals surface area contributed by atoms with Crippen molar-refractivity contribution in [1.82, 2.24) is 9.47 Å². The van der Waals surface area contributed by atoms with Crippen LogP contribution in [-0.4, -0.2) is 29.6 Å². The van der Waals surface area contributed by atoms with Crippen LogP contribution >= 0.6 is 0 Å². The lowest BCUT2D eigenvalue weighted by atomic mass is 9.91. The maximum Gasteiger partial charge on any atom is 0.0133 e. The van der Waals surface area contributed by atoms with Gasteiger partial charge in [0.15, 0.2) is 0 Å². The van der Waals surface area contributed by atoms with Crippen molar-refractivity contribution in [3.63, 3.8) is 0 Å². The van der Waals surface area contributed by atoms with Crippen molar-refractivity contribution in [3.05, 3.63) is 23.5 Å². The molecule has 1 heterocycles. The Kier molecular flexibility index (Phi) is 2.16. The van der Waals surface area contributed by atoms with E-state index in [9.17, 15) is 0 Å². The summed E-state index contributed by atoms with van der Waals surface area (Å²) in [5.74, 6) is 0. The Labute approximate surface area is 80.2 Å². The second-order valence-electron chi connectivity index (χ2n) is 4.33. The first-order valence-electron chi connectivity index (χ1n) is 4.97. The molecule has 1 aliphatic carbocycles. The summed E-state index contributed by atoms with van der Waals surface area (Å²) in [6.45, 7) is 0. The van der Waals surface area contributed by atoms with Gasteiger partial charge in [-0.15, -0.1) is 0 Å². The summed E-state index contributed by atoms with van der Waals surface area (Å²) in [6, 6.07) is 0.745. The van der Waals surface area contributed by atoms with Crippen molar-refractivity contribution >= 4 is 0 Å². The van der Waals surface area contributed by atoms with Crippen LogP contribution in [-0.2, 0) is 19.9 Å². The molecule has 0 saturated heterocycles. The summed E-state index contributed by atoms with van der Waals surface area (Å²) in [5, 5.41) is 0. The van der Waals surface area contributed by atoms with E-state index in [2.05, 4.69) is 43.0 Å². The predicted octanol–water partition coefficient (Wildman–Crippen LogP) is 1.44. The van der Waals surface area contributed by atoms with Crippen LogP contribution in [0, 0.1) is 0 Å². The fourth-order valence-electron chi connectivity index (χ4n) is 2.22. The van der Waals surface area contributed by atoms with Crippen molar-refractivity contribution in [3.8, 4) is 0 Å². The normalized spacial score (nSPS) is 22.0. The summed E-state index contributed by atoms with van der Waals surface area (Å²) >= 11 is 0. The second-order valence-corrected chi connectivity index (χ2v) is 4.33. The standard InChI is InChI=1S/C11H18N2/c1-12(2)11-5-4-9-7-13(3)8-10(9)6-11/h7-8,11H,4-6H2,1-3H3. The molecule has 1 aromatic rings. The molecule has 13 heavy (non-hydrogen) atoms. The third kappa shape index (κ3) is 1.63. The quantitative estimate of drug-likeness (QED) is 0.632. The molecular formula is C11H18N2. The van der Waals surface area contributed by atoms with Gasteiger partial charge < -0.3 is 9.47 Å². The van der Waals surface area contributed by atoms with E-state index in [1.165, 1.54) is 19.3 Å². The van der Waals surface area contributed by atoms with Gasteiger partial charge in [0, 0.05) is 25.5 Å². The number of likely N-dealkylation sites (N-methyl/N-ethyl adjacent to an activating group) is 1. The lowest BCUT2D eigenvalue weighted by Gasteiger charge is -2.28. The third-order valence-corrected chi connectivity index (χ3v) is 3.06.